The van der Waals surface area contributed by atoms with Crippen molar-refractivity contribution >= 4 is 46.9 Å². The number of nitrogens with zero attached hydrogens (tertiary/aromatic N) is 2. The Morgan fingerprint density at radius 1 is 0.583 bits per heavy atom. The number of anilines is 2. The van der Waals surface area contributed by atoms with E-state index in [1.54, 1.807) is 12.2 Å². The van der Waals surface area contributed by atoms with Crippen LogP contribution in [0.3, 0.4) is 0 Å². The van der Waals surface area contributed by atoms with Crippen LogP contribution in [0.1, 0.15) is 20.7 Å². The summed E-state index contributed by atoms with van der Waals surface area (Å²) in [5.74, 6) is -9.35. The van der Waals surface area contributed by atoms with Crippen molar-refractivity contribution in [3.8, 4) is 0 Å². The van der Waals surface area contributed by atoms with Crippen molar-refractivity contribution in [2.75, 3.05) is 9.80 Å². The monoisotopic (exact) mass is 486 g/mol. The van der Waals surface area contributed by atoms with E-state index in [4.69, 9.17) is 0 Å². The molecule has 5 aliphatic rings. The summed E-state index contributed by atoms with van der Waals surface area (Å²) in [6, 6.07) is 11.0. The molecule has 10 heteroatoms. The Bertz CT molecular complexity index is 1290. The molecule has 0 radical (unpaired) electrons. The van der Waals surface area contributed by atoms with Crippen LogP contribution in [0.25, 0.3) is 0 Å². The number of benzene rings is 2. The van der Waals surface area contributed by atoms with Gasteiger partial charge in [-0.3, -0.25) is 19.2 Å². The van der Waals surface area contributed by atoms with Gasteiger partial charge in [-0.2, -0.15) is 0 Å². The lowest BCUT2D eigenvalue weighted by Gasteiger charge is -2.44. The van der Waals surface area contributed by atoms with E-state index < -0.39 is 71.1 Å². The van der Waals surface area contributed by atoms with Crippen LogP contribution >= 0.6 is 0 Å². The largest absolute Gasteiger partial charge is 0.478 e. The summed E-state index contributed by atoms with van der Waals surface area (Å²) in [4.78, 5) is 78.8. The van der Waals surface area contributed by atoms with E-state index in [2.05, 4.69) is 0 Å². The third kappa shape index (κ3) is 2.78. The average Bonchev–Trinajstić information content (AvgIpc) is 3.31. The number of carbonyl (C=O) groups is 6. The Labute approximate surface area is 203 Å². The highest BCUT2D eigenvalue weighted by atomic mass is 16.4. The first-order valence-corrected chi connectivity index (χ1v) is 11.3. The Hall–Kier alpha value is -4.60. The van der Waals surface area contributed by atoms with Crippen molar-refractivity contribution in [2.24, 2.45) is 35.5 Å². The van der Waals surface area contributed by atoms with E-state index >= 15 is 0 Å². The van der Waals surface area contributed by atoms with Crippen LogP contribution in [0.4, 0.5) is 11.4 Å². The lowest BCUT2D eigenvalue weighted by atomic mass is 9.54. The van der Waals surface area contributed by atoms with Crippen LogP contribution in [0.15, 0.2) is 60.7 Å². The summed E-state index contributed by atoms with van der Waals surface area (Å²) in [7, 11) is 0. The molecule has 10 nitrogen and oxygen atoms in total. The van der Waals surface area contributed by atoms with Crippen LogP contribution in [-0.2, 0) is 19.2 Å². The van der Waals surface area contributed by atoms with Gasteiger partial charge in [0.1, 0.15) is 0 Å². The van der Waals surface area contributed by atoms with Crippen LogP contribution in [0, 0.1) is 35.5 Å². The summed E-state index contributed by atoms with van der Waals surface area (Å²) < 4.78 is 0. The van der Waals surface area contributed by atoms with Crippen molar-refractivity contribution in [3.05, 3.63) is 71.8 Å². The minimum absolute atomic E-state index is 0.0782. The number of amides is 4. The van der Waals surface area contributed by atoms with E-state index in [0.717, 1.165) is 9.80 Å². The second-order valence-corrected chi connectivity index (χ2v) is 9.38. The Balaban J connectivity index is 1.38. The first kappa shape index (κ1) is 21.9. The fourth-order valence-corrected chi connectivity index (χ4v) is 6.29. The van der Waals surface area contributed by atoms with E-state index in [-0.39, 0.29) is 22.5 Å². The van der Waals surface area contributed by atoms with Crippen LogP contribution in [-0.4, -0.2) is 45.8 Å². The molecule has 36 heavy (non-hydrogen) atoms. The first-order valence-electron chi connectivity index (χ1n) is 11.3. The smallest absolute Gasteiger partial charge is 0.335 e. The summed E-state index contributed by atoms with van der Waals surface area (Å²) in [5, 5.41) is 18.6. The molecular weight excluding hydrogens is 468 g/mol. The van der Waals surface area contributed by atoms with Gasteiger partial charge in [0.25, 0.3) is 0 Å². The summed E-state index contributed by atoms with van der Waals surface area (Å²) in [6.45, 7) is 0. The third-order valence-electron chi connectivity index (χ3n) is 7.71. The van der Waals surface area contributed by atoms with Gasteiger partial charge < -0.3 is 10.2 Å². The fraction of sp³-hybridized carbons (Fsp3) is 0.231. The number of aromatic carboxylic acids is 2. The minimum Gasteiger partial charge on any atom is -0.478 e. The number of rotatable bonds is 4. The van der Waals surface area contributed by atoms with Gasteiger partial charge in [-0.1, -0.05) is 24.3 Å². The van der Waals surface area contributed by atoms with Crippen LogP contribution in [0.2, 0.25) is 0 Å². The second kappa shape index (κ2) is 7.45. The van der Waals surface area contributed by atoms with Crippen LogP contribution < -0.4 is 9.80 Å². The highest BCUT2D eigenvalue weighted by Gasteiger charge is 2.68. The van der Waals surface area contributed by atoms with E-state index in [1.807, 2.05) is 0 Å². The van der Waals surface area contributed by atoms with Crippen molar-refractivity contribution in [1.29, 1.82) is 0 Å². The molecule has 2 heterocycles. The molecule has 2 bridgehead atoms. The van der Waals surface area contributed by atoms with Gasteiger partial charge in [-0.15, -0.1) is 0 Å². The molecule has 7 rings (SSSR count). The molecule has 1 saturated carbocycles. The Morgan fingerprint density at radius 3 is 1.22 bits per heavy atom. The van der Waals surface area contributed by atoms with E-state index in [1.165, 1.54) is 48.5 Å². The molecule has 0 aromatic heterocycles. The molecule has 2 aromatic rings. The summed E-state index contributed by atoms with van der Waals surface area (Å²) in [6.07, 6.45) is 3.44. The van der Waals surface area contributed by atoms with E-state index in [9.17, 15) is 39.0 Å². The molecule has 2 N–H and O–H groups in total. The van der Waals surface area contributed by atoms with Crippen molar-refractivity contribution in [3.63, 3.8) is 0 Å². The third-order valence-corrected chi connectivity index (χ3v) is 7.71. The number of carboxylic acids is 2. The predicted molar refractivity (Wildman–Crippen MR) is 122 cm³/mol. The molecule has 2 saturated heterocycles. The molecule has 3 aliphatic carbocycles. The number of imide groups is 2. The first-order chi connectivity index (χ1) is 17.2. The van der Waals surface area contributed by atoms with E-state index in [0.29, 0.717) is 0 Å². The number of hydrogen-bond acceptors (Lipinski definition) is 6. The molecule has 0 spiro atoms. The summed E-state index contributed by atoms with van der Waals surface area (Å²) in [5.41, 5.74) is 0.110. The second-order valence-electron chi connectivity index (χ2n) is 9.38. The topological polar surface area (TPSA) is 149 Å². The lowest BCUT2D eigenvalue weighted by Crippen LogP contribution is -2.50. The zero-order valence-electron chi connectivity index (χ0n) is 18.5. The average molecular weight is 486 g/mol. The highest BCUT2D eigenvalue weighted by Crippen LogP contribution is 2.58. The molecule has 2 aliphatic heterocycles. The fourth-order valence-electron chi connectivity index (χ4n) is 6.29. The molecule has 4 amide bonds. The van der Waals surface area contributed by atoms with Crippen LogP contribution in [0.5, 0.6) is 0 Å². The van der Waals surface area contributed by atoms with Gasteiger partial charge in [-0.05, 0) is 36.4 Å². The quantitative estimate of drug-likeness (QED) is 0.491. The minimum atomic E-state index is -1.20. The standard InChI is InChI=1S/C26H18N2O8/c29-21-17-15-7-8-16(18(17)22(30)27(21)13-5-1-3-11(9-13)25(33)34)20-19(15)23(31)28(24(20)32)14-6-2-4-12(10-14)26(35)36/h1-10,15-20H,(H,33,34)(H,35,36)/t15?,16?,17-,18-,19-,20+/m1/s1. The molecule has 180 valence electrons. The van der Waals surface area contributed by atoms with Crippen molar-refractivity contribution < 1.29 is 39.0 Å². The number of carboxylic acid groups (broad SMARTS) is 2. The molecule has 3 fully saturated rings. The van der Waals surface area contributed by atoms with Crippen molar-refractivity contribution in [2.45, 2.75) is 0 Å². The predicted octanol–water partition coefficient (Wildman–Crippen LogP) is 1.81. The lowest BCUT2D eigenvalue weighted by molar-refractivity contribution is -0.137. The molecule has 2 unspecified atom stereocenters. The van der Waals surface area contributed by atoms with Gasteiger partial charge in [-0.25, -0.2) is 19.4 Å². The van der Waals surface area contributed by atoms with Gasteiger partial charge in [0.05, 0.1) is 46.2 Å². The highest BCUT2D eigenvalue weighted by molar-refractivity contribution is 6.26. The maximum absolute atomic E-state index is 13.5. The van der Waals surface area contributed by atoms with Gasteiger partial charge >= 0.3 is 11.9 Å². The zero-order chi connectivity index (χ0) is 25.5. The molecule has 6 atom stereocenters. The maximum Gasteiger partial charge on any atom is 0.335 e. The zero-order valence-corrected chi connectivity index (χ0v) is 18.5. The normalized spacial score (nSPS) is 30.1. The maximum atomic E-state index is 13.5. The van der Waals surface area contributed by atoms with Gasteiger partial charge in [0.15, 0.2) is 0 Å². The SMILES string of the molecule is O=C(O)c1cccc(N2C(=O)[C@@H]3C4C=CC([C@H]3C2=O)[C@@H]2C(=O)N(c3cccc(C(=O)O)c3)C(=O)[C@H]42)c1. The number of hydrogen-bond donors (Lipinski definition) is 2. The number of allylic oxidation sites excluding steroid dienone is 2. The summed E-state index contributed by atoms with van der Waals surface area (Å²) >= 11 is 0. The molecule has 2 aromatic carbocycles. The van der Waals surface area contributed by atoms with Gasteiger partial charge in [0.2, 0.25) is 23.6 Å². The number of carbonyl (C=O) groups excluding carboxylic acids is 4. The van der Waals surface area contributed by atoms with Gasteiger partial charge in [0, 0.05) is 11.8 Å². The Kier molecular flexibility index (Phi) is 4.53. The van der Waals surface area contributed by atoms with Crippen molar-refractivity contribution in [1.82, 2.24) is 0 Å². The molecular formula is C26H18N2O8. The Morgan fingerprint density at radius 2 is 0.917 bits per heavy atom.